The second-order valence-electron chi connectivity index (χ2n) is 7.06. The zero-order chi connectivity index (χ0) is 21.1. The van der Waals surface area contributed by atoms with Crippen LogP contribution in [0.15, 0.2) is 29.4 Å². The lowest BCUT2D eigenvalue weighted by Gasteiger charge is -2.32. The number of carbonyl (C=O) groups excluding carboxylic acids is 2. The Morgan fingerprint density at radius 1 is 1.31 bits per heavy atom. The molecular formula is C20H32N6O3. The smallest absolute Gasteiger partial charge is 0.409 e. The summed E-state index contributed by atoms with van der Waals surface area (Å²) in [4.78, 5) is 35.7. The van der Waals surface area contributed by atoms with E-state index in [4.69, 9.17) is 4.74 Å². The van der Waals surface area contributed by atoms with Gasteiger partial charge >= 0.3 is 6.09 Å². The molecule has 1 aromatic heterocycles. The molecule has 2 heterocycles. The molecule has 2 N–H and O–H groups in total. The van der Waals surface area contributed by atoms with Gasteiger partial charge in [-0.05, 0) is 31.9 Å². The van der Waals surface area contributed by atoms with Crippen molar-refractivity contribution in [1.82, 2.24) is 25.4 Å². The molecule has 9 heteroatoms. The third-order valence-electron chi connectivity index (χ3n) is 4.63. The summed E-state index contributed by atoms with van der Waals surface area (Å²) in [6.45, 7) is 4.19. The Balaban J connectivity index is 1.88. The first-order valence-electron chi connectivity index (χ1n) is 10.1. The highest BCUT2D eigenvalue weighted by Gasteiger charge is 2.24. The molecule has 0 saturated carbocycles. The monoisotopic (exact) mass is 404 g/mol. The van der Waals surface area contributed by atoms with E-state index in [0.29, 0.717) is 32.2 Å². The summed E-state index contributed by atoms with van der Waals surface area (Å²) in [6, 6.07) is 6.01. The van der Waals surface area contributed by atoms with Crippen molar-refractivity contribution in [3.05, 3.63) is 30.1 Å². The second kappa shape index (κ2) is 11.9. The molecule has 9 nitrogen and oxygen atoms in total. The van der Waals surface area contributed by atoms with Crippen molar-refractivity contribution in [2.24, 2.45) is 4.99 Å². The number of aliphatic imine (C=N–C) groups is 1. The maximum Gasteiger partial charge on any atom is 0.409 e. The average molecular weight is 405 g/mol. The summed E-state index contributed by atoms with van der Waals surface area (Å²) in [5.74, 6) is 0.540. The van der Waals surface area contributed by atoms with Crippen LogP contribution in [0.3, 0.4) is 0 Å². The maximum absolute atomic E-state index is 11.9. The number of hydrogen-bond acceptors (Lipinski definition) is 5. The van der Waals surface area contributed by atoms with E-state index in [2.05, 4.69) is 20.6 Å². The lowest BCUT2D eigenvalue weighted by Crippen LogP contribution is -2.50. The van der Waals surface area contributed by atoms with Gasteiger partial charge in [0.25, 0.3) is 0 Å². The molecule has 29 heavy (non-hydrogen) atoms. The van der Waals surface area contributed by atoms with Gasteiger partial charge < -0.3 is 25.2 Å². The lowest BCUT2D eigenvalue weighted by molar-refractivity contribution is -0.127. The van der Waals surface area contributed by atoms with Gasteiger partial charge in [0.05, 0.1) is 6.61 Å². The topological polar surface area (TPSA) is 99.2 Å². The molecule has 1 aliphatic heterocycles. The number of ether oxygens (including phenoxy) is 1. The third-order valence-corrected chi connectivity index (χ3v) is 4.63. The SMILES string of the molecule is CCOC(=O)N1CCC(NC(=NCC(=O)N(C)C)NCCc2ccccn2)CC1. The van der Waals surface area contributed by atoms with Crippen LogP contribution in [0.2, 0.25) is 0 Å². The van der Waals surface area contributed by atoms with Crippen LogP contribution in [0.5, 0.6) is 0 Å². The van der Waals surface area contributed by atoms with Crippen LogP contribution < -0.4 is 10.6 Å². The highest BCUT2D eigenvalue weighted by Crippen LogP contribution is 2.11. The predicted molar refractivity (Wildman–Crippen MR) is 112 cm³/mol. The van der Waals surface area contributed by atoms with Gasteiger partial charge in [-0.1, -0.05) is 6.07 Å². The zero-order valence-corrected chi connectivity index (χ0v) is 17.6. The van der Waals surface area contributed by atoms with Crippen LogP contribution in [-0.2, 0) is 16.0 Å². The standard InChI is InChI=1S/C20H32N6O3/c1-4-29-20(28)26-13-9-17(10-14-26)24-19(23-15-18(27)25(2)3)22-12-8-16-7-5-6-11-21-16/h5-7,11,17H,4,8-10,12-15H2,1-3H3,(H2,22,23,24). The van der Waals surface area contributed by atoms with E-state index in [1.54, 1.807) is 32.1 Å². The largest absolute Gasteiger partial charge is 0.450 e. The average Bonchev–Trinajstić information content (AvgIpc) is 2.73. The summed E-state index contributed by atoms with van der Waals surface area (Å²) in [5, 5.41) is 6.68. The van der Waals surface area contributed by atoms with Crippen molar-refractivity contribution in [3.8, 4) is 0 Å². The number of likely N-dealkylation sites (N-methyl/N-ethyl adjacent to an activating group) is 1. The van der Waals surface area contributed by atoms with Crippen LogP contribution in [0.1, 0.15) is 25.5 Å². The number of rotatable bonds is 7. The molecule has 0 atom stereocenters. The molecule has 0 aromatic carbocycles. The van der Waals surface area contributed by atoms with Crippen molar-refractivity contribution in [2.75, 3.05) is 46.9 Å². The van der Waals surface area contributed by atoms with Crippen molar-refractivity contribution in [1.29, 1.82) is 0 Å². The summed E-state index contributed by atoms with van der Waals surface area (Å²) in [5.41, 5.74) is 0.992. The van der Waals surface area contributed by atoms with E-state index >= 15 is 0 Å². The Labute approximate surface area is 172 Å². The Morgan fingerprint density at radius 3 is 2.69 bits per heavy atom. The minimum Gasteiger partial charge on any atom is -0.450 e. The number of likely N-dealkylation sites (tertiary alicyclic amines) is 1. The zero-order valence-electron chi connectivity index (χ0n) is 17.6. The van der Waals surface area contributed by atoms with Crippen LogP contribution in [0, 0.1) is 0 Å². The van der Waals surface area contributed by atoms with E-state index < -0.39 is 0 Å². The molecule has 1 aliphatic rings. The van der Waals surface area contributed by atoms with Crippen molar-refractivity contribution in [2.45, 2.75) is 32.2 Å². The van der Waals surface area contributed by atoms with Crippen LogP contribution in [0.4, 0.5) is 4.79 Å². The van der Waals surface area contributed by atoms with E-state index in [1.165, 1.54) is 4.90 Å². The normalized spacial score (nSPS) is 15.0. The van der Waals surface area contributed by atoms with Crippen molar-refractivity contribution < 1.29 is 14.3 Å². The first-order valence-corrected chi connectivity index (χ1v) is 10.1. The number of carbonyl (C=O) groups is 2. The minimum atomic E-state index is -0.259. The van der Waals surface area contributed by atoms with Crippen LogP contribution >= 0.6 is 0 Å². The molecule has 0 spiro atoms. The fourth-order valence-corrected chi connectivity index (χ4v) is 2.91. The van der Waals surface area contributed by atoms with E-state index in [1.807, 2.05) is 18.2 Å². The first-order chi connectivity index (χ1) is 14.0. The number of aromatic nitrogens is 1. The van der Waals surface area contributed by atoms with Gasteiger partial charge in [-0.2, -0.15) is 0 Å². The Bertz CT molecular complexity index is 672. The van der Waals surface area contributed by atoms with E-state index in [0.717, 1.165) is 25.0 Å². The van der Waals surface area contributed by atoms with Crippen molar-refractivity contribution >= 4 is 18.0 Å². The molecule has 0 radical (unpaired) electrons. The van der Waals surface area contributed by atoms with Crippen LogP contribution in [-0.4, -0.2) is 85.7 Å². The number of pyridine rings is 1. The van der Waals surface area contributed by atoms with Gasteiger partial charge in [0.2, 0.25) is 5.91 Å². The number of piperidine rings is 1. The van der Waals surface area contributed by atoms with Crippen LogP contribution in [0.25, 0.3) is 0 Å². The van der Waals surface area contributed by atoms with Gasteiger partial charge in [0.1, 0.15) is 6.54 Å². The number of nitrogens with zero attached hydrogens (tertiary/aromatic N) is 4. The predicted octanol–water partition coefficient (Wildman–Crippen LogP) is 0.868. The molecular weight excluding hydrogens is 372 g/mol. The van der Waals surface area contributed by atoms with Gasteiger partial charge in [0.15, 0.2) is 5.96 Å². The highest BCUT2D eigenvalue weighted by molar-refractivity contribution is 5.85. The molecule has 1 fully saturated rings. The highest BCUT2D eigenvalue weighted by atomic mass is 16.6. The molecule has 0 unspecified atom stereocenters. The molecule has 2 amide bonds. The molecule has 1 aromatic rings. The quantitative estimate of drug-likeness (QED) is 0.517. The van der Waals surface area contributed by atoms with Gasteiger partial charge in [0, 0.05) is 58.1 Å². The number of hydrogen-bond donors (Lipinski definition) is 2. The Kier molecular flexibility index (Phi) is 9.20. The summed E-state index contributed by atoms with van der Waals surface area (Å²) in [6.07, 6.45) is 3.85. The van der Waals surface area contributed by atoms with E-state index in [9.17, 15) is 9.59 Å². The first kappa shape index (κ1) is 22.4. The molecule has 1 saturated heterocycles. The Hall–Kier alpha value is -2.84. The number of amides is 2. The molecule has 160 valence electrons. The summed E-state index contributed by atoms with van der Waals surface area (Å²) < 4.78 is 5.06. The maximum atomic E-state index is 11.9. The van der Waals surface area contributed by atoms with Gasteiger partial charge in [-0.3, -0.25) is 9.78 Å². The van der Waals surface area contributed by atoms with Gasteiger partial charge in [-0.25, -0.2) is 9.79 Å². The fraction of sp³-hybridized carbons (Fsp3) is 0.600. The summed E-state index contributed by atoms with van der Waals surface area (Å²) >= 11 is 0. The van der Waals surface area contributed by atoms with Gasteiger partial charge in [-0.15, -0.1) is 0 Å². The molecule has 2 rings (SSSR count). The number of nitrogens with one attached hydrogen (secondary N) is 2. The molecule has 0 aliphatic carbocycles. The van der Waals surface area contributed by atoms with Crippen molar-refractivity contribution in [3.63, 3.8) is 0 Å². The fourth-order valence-electron chi connectivity index (χ4n) is 2.91. The summed E-state index contributed by atoms with van der Waals surface area (Å²) in [7, 11) is 3.43. The van der Waals surface area contributed by atoms with E-state index in [-0.39, 0.29) is 24.6 Å². The third kappa shape index (κ3) is 7.97. The second-order valence-corrected chi connectivity index (χ2v) is 7.06. The molecule has 0 bridgehead atoms. The minimum absolute atomic E-state index is 0.0621. The Morgan fingerprint density at radius 2 is 2.07 bits per heavy atom. The lowest BCUT2D eigenvalue weighted by atomic mass is 10.1. The number of guanidine groups is 1.